The number of anilines is 3. The van der Waals surface area contributed by atoms with Gasteiger partial charge in [-0.2, -0.15) is 0 Å². The molecule has 5 aromatic heterocycles. The molecule has 0 fully saturated rings. The Labute approximate surface area is 302 Å². The number of pyridine rings is 1. The Morgan fingerprint density at radius 3 is 1.68 bits per heavy atom. The van der Waals surface area contributed by atoms with Crippen molar-refractivity contribution in [1.82, 2.24) is 13.8 Å². The van der Waals surface area contributed by atoms with Crippen LogP contribution in [-0.4, -0.2) is 13.8 Å². The molecule has 13 aromatic rings. The first kappa shape index (κ1) is 27.5. The maximum atomic E-state index is 5.44. The molecule has 0 saturated carbocycles. The molecule has 4 heteroatoms. The molecule has 0 saturated heterocycles. The summed E-state index contributed by atoms with van der Waals surface area (Å²) in [5.74, 6) is 0. The van der Waals surface area contributed by atoms with Gasteiger partial charge >= 0.3 is 0 Å². The van der Waals surface area contributed by atoms with Gasteiger partial charge in [-0.1, -0.05) is 133 Å². The Kier molecular flexibility index (Phi) is 5.08. The van der Waals surface area contributed by atoms with Crippen molar-refractivity contribution in [2.45, 2.75) is 0 Å². The van der Waals surface area contributed by atoms with Gasteiger partial charge < -0.3 is 9.30 Å². The van der Waals surface area contributed by atoms with Gasteiger partial charge in [0.1, 0.15) is 5.65 Å². The number of para-hydroxylation sites is 4. The lowest BCUT2D eigenvalue weighted by atomic mass is 10.00. The van der Waals surface area contributed by atoms with E-state index in [0.717, 1.165) is 28.2 Å². The van der Waals surface area contributed by atoms with Gasteiger partial charge in [0.05, 0.1) is 39.5 Å². The quantitative estimate of drug-likeness (QED) is 0.187. The van der Waals surface area contributed by atoms with Crippen molar-refractivity contribution in [3.8, 4) is 0 Å². The number of fused-ring (bicyclic) bond motifs is 16. The van der Waals surface area contributed by atoms with Crippen molar-refractivity contribution in [2.75, 3.05) is 4.90 Å². The van der Waals surface area contributed by atoms with E-state index in [9.17, 15) is 0 Å². The molecule has 53 heavy (non-hydrogen) atoms. The minimum absolute atomic E-state index is 1.01. The van der Waals surface area contributed by atoms with Crippen LogP contribution in [0.25, 0.3) is 97.9 Å². The molecule has 0 bridgehead atoms. The summed E-state index contributed by atoms with van der Waals surface area (Å²) in [6.45, 7) is 0. The molecule has 5 heterocycles. The van der Waals surface area contributed by atoms with E-state index >= 15 is 0 Å². The van der Waals surface area contributed by atoms with Gasteiger partial charge in [0.2, 0.25) is 0 Å². The second kappa shape index (κ2) is 9.78. The highest BCUT2D eigenvalue weighted by atomic mass is 15.2. The molecule has 8 aromatic carbocycles. The Morgan fingerprint density at radius 1 is 0.377 bits per heavy atom. The Balaban J connectivity index is 1.27. The summed E-state index contributed by atoms with van der Waals surface area (Å²) in [7, 11) is 0. The predicted octanol–water partition coefficient (Wildman–Crippen LogP) is 13.2. The van der Waals surface area contributed by atoms with Crippen LogP contribution in [0.5, 0.6) is 0 Å². The number of hydrogen-bond acceptors (Lipinski definition) is 2. The van der Waals surface area contributed by atoms with Crippen molar-refractivity contribution in [2.24, 2.45) is 0 Å². The van der Waals surface area contributed by atoms with Crippen LogP contribution in [0.1, 0.15) is 0 Å². The second-order valence-corrected chi connectivity index (χ2v) is 14.3. The first-order valence-electron chi connectivity index (χ1n) is 18.2. The summed E-state index contributed by atoms with van der Waals surface area (Å²) in [5, 5.41) is 14.9. The van der Waals surface area contributed by atoms with E-state index in [4.69, 9.17) is 4.98 Å². The van der Waals surface area contributed by atoms with Crippen LogP contribution in [0.2, 0.25) is 0 Å². The van der Waals surface area contributed by atoms with Gasteiger partial charge in [-0.15, -0.1) is 0 Å². The standard InChI is InChI=1S/C49H28N4/c1-3-15-31(16-4-1)51(32-17-5-2-6-18-32)47-34-20-10-8-14-30(34)27-40-36-22-12-23-38-42-41(52(45(36)38)48(40)47)28-50-49-43(42)39-24-11-21-35-37-26-25-29-13-7-9-19-33(29)44(37)53(49)46(35)39/h1-28H. The molecule has 0 amide bonds. The van der Waals surface area contributed by atoms with Crippen LogP contribution in [0.15, 0.2) is 170 Å². The highest BCUT2D eigenvalue weighted by molar-refractivity contribution is 6.37. The van der Waals surface area contributed by atoms with Gasteiger partial charge in [-0.3, -0.25) is 4.40 Å². The largest absolute Gasteiger partial charge is 0.308 e. The van der Waals surface area contributed by atoms with Crippen molar-refractivity contribution in [3.05, 3.63) is 170 Å². The topological polar surface area (TPSA) is 24.9 Å². The molecule has 4 nitrogen and oxygen atoms in total. The third-order valence-corrected chi connectivity index (χ3v) is 11.7. The van der Waals surface area contributed by atoms with Crippen LogP contribution >= 0.6 is 0 Å². The zero-order valence-corrected chi connectivity index (χ0v) is 28.5. The van der Waals surface area contributed by atoms with Crippen LogP contribution in [-0.2, 0) is 0 Å². The van der Waals surface area contributed by atoms with Gasteiger partial charge in [0.15, 0.2) is 0 Å². The van der Waals surface area contributed by atoms with Crippen LogP contribution in [0.4, 0.5) is 17.1 Å². The second-order valence-electron chi connectivity index (χ2n) is 14.3. The molecule has 0 atom stereocenters. The smallest absolute Gasteiger partial charge is 0.146 e. The Bertz CT molecular complexity index is 3580. The Morgan fingerprint density at radius 2 is 0.925 bits per heavy atom. The number of hydrogen-bond donors (Lipinski definition) is 0. The summed E-state index contributed by atoms with van der Waals surface area (Å²) < 4.78 is 4.96. The number of nitrogens with zero attached hydrogens (tertiary/aromatic N) is 4. The van der Waals surface area contributed by atoms with E-state index in [1.807, 2.05) is 0 Å². The monoisotopic (exact) mass is 672 g/mol. The fourth-order valence-corrected chi connectivity index (χ4v) is 9.69. The molecule has 0 aliphatic carbocycles. The summed E-state index contributed by atoms with van der Waals surface area (Å²) in [5.41, 5.74) is 10.4. The highest BCUT2D eigenvalue weighted by Crippen LogP contribution is 2.51. The molecule has 0 N–H and O–H groups in total. The molecule has 13 rings (SSSR count). The molecular weight excluding hydrogens is 645 g/mol. The molecule has 0 aliphatic heterocycles. The average Bonchev–Trinajstić information content (AvgIpc) is 3.95. The fourth-order valence-electron chi connectivity index (χ4n) is 9.69. The maximum Gasteiger partial charge on any atom is 0.146 e. The van der Waals surface area contributed by atoms with Crippen molar-refractivity contribution >= 4 is 115 Å². The SMILES string of the molecule is c1ccc(N(c2ccccc2)c2c3ccccc3cc3c4cccc5c6c7c8cccc9c%10ccc%11ccccc%11c%10n(c7ncc6n(c23)c45)c98)cc1. The molecule has 0 radical (unpaired) electrons. The van der Waals surface area contributed by atoms with Gasteiger partial charge in [0, 0.05) is 65.2 Å². The fraction of sp³-hybridized carbons (Fsp3) is 0. The van der Waals surface area contributed by atoms with E-state index in [2.05, 4.69) is 184 Å². The zero-order chi connectivity index (χ0) is 34.4. The summed E-state index contributed by atoms with van der Waals surface area (Å²) in [6.07, 6.45) is 2.13. The van der Waals surface area contributed by atoms with Crippen LogP contribution in [0, 0.1) is 0 Å². The maximum absolute atomic E-state index is 5.44. The van der Waals surface area contributed by atoms with Crippen LogP contribution < -0.4 is 4.90 Å². The predicted molar refractivity (Wildman–Crippen MR) is 223 cm³/mol. The first-order chi connectivity index (χ1) is 26.3. The van der Waals surface area contributed by atoms with E-state index in [1.165, 1.54) is 86.7 Å². The Hall–Kier alpha value is -7.17. The summed E-state index contributed by atoms with van der Waals surface area (Å²) >= 11 is 0. The number of benzene rings is 8. The van der Waals surface area contributed by atoms with Crippen molar-refractivity contribution < 1.29 is 0 Å². The van der Waals surface area contributed by atoms with E-state index in [1.54, 1.807) is 0 Å². The highest BCUT2D eigenvalue weighted by Gasteiger charge is 2.28. The summed E-state index contributed by atoms with van der Waals surface area (Å²) in [6, 6.07) is 59.7. The lowest BCUT2D eigenvalue weighted by molar-refractivity contribution is 1.26. The van der Waals surface area contributed by atoms with E-state index in [0.29, 0.717) is 0 Å². The first-order valence-corrected chi connectivity index (χ1v) is 18.2. The molecule has 0 unspecified atom stereocenters. The van der Waals surface area contributed by atoms with Crippen molar-refractivity contribution in [3.63, 3.8) is 0 Å². The van der Waals surface area contributed by atoms with Gasteiger partial charge in [0.25, 0.3) is 0 Å². The van der Waals surface area contributed by atoms with Gasteiger partial charge in [-0.25, -0.2) is 4.98 Å². The minimum Gasteiger partial charge on any atom is -0.308 e. The number of aromatic nitrogens is 3. The third kappa shape index (κ3) is 3.34. The molecule has 0 spiro atoms. The van der Waals surface area contributed by atoms with Crippen LogP contribution in [0.3, 0.4) is 0 Å². The number of rotatable bonds is 3. The average molecular weight is 673 g/mol. The molecule has 244 valence electrons. The molecule has 0 aliphatic rings. The lowest BCUT2D eigenvalue weighted by Gasteiger charge is -2.28. The summed E-state index contributed by atoms with van der Waals surface area (Å²) in [4.78, 5) is 7.88. The molecular formula is C49H28N4. The minimum atomic E-state index is 1.01. The van der Waals surface area contributed by atoms with Crippen molar-refractivity contribution in [1.29, 1.82) is 0 Å². The zero-order valence-electron chi connectivity index (χ0n) is 28.5. The third-order valence-electron chi connectivity index (χ3n) is 11.7. The normalized spacial score (nSPS) is 12.5. The van der Waals surface area contributed by atoms with Gasteiger partial charge in [-0.05, 0) is 41.1 Å². The lowest BCUT2D eigenvalue weighted by Crippen LogP contribution is -2.11. The van der Waals surface area contributed by atoms with E-state index in [-0.39, 0.29) is 0 Å². The van der Waals surface area contributed by atoms with E-state index < -0.39 is 0 Å².